The van der Waals surface area contributed by atoms with Gasteiger partial charge in [-0.1, -0.05) is 56.1 Å². The second kappa shape index (κ2) is 12.2. The second-order valence-electron chi connectivity index (χ2n) is 7.24. The monoisotopic (exact) mass is 430 g/mol. The first-order valence-corrected chi connectivity index (χ1v) is 10.8. The summed E-state index contributed by atoms with van der Waals surface area (Å²) in [5.74, 6) is 0.543. The Bertz CT molecular complexity index is 806. The van der Waals surface area contributed by atoms with Gasteiger partial charge in [0.2, 0.25) is 11.8 Å². The van der Waals surface area contributed by atoms with Crippen LogP contribution in [0.15, 0.2) is 48.5 Å². The molecule has 0 aliphatic heterocycles. The molecule has 0 saturated carbocycles. The van der Waals surface area contributed by atoms with E-state index in [1.165, 1.54) is 0 Å². The van der Waals surface area contributed by atoms with Crippen LogP contribution in [0, 0.1) is 0 Å². The molecule has 2 amide bonds. The zero-order valence-electron chi connectivity index (χ0n) is 18.0. The number of nitrogens with one attached hydrogen (secondary N) is 1. The van der Waals surface area contributed by atoms with Crippen molar-refractivity contribution in [2.75, 3.05) is 13.7 Å². The maximum absolute atomic E-state index is 13.3. The Morgan fingerprint density at radius 3 is 2.23 bits per heavy atom. The van der Waals surface area contributed by atoms with E-state index in [4.69, 9.17) is 16.3 Å². The Morgan fingerprint density at radius 1 is 1.03 bits per heavy atom. The van der Waals surface area contributed by atoms with Crippen molar-refractivity contribution in [1.82, 2.24) is 10.2 Å². The minimum Gasteiger partial charge on any atom is -0.497 e. The minimum absolute atomic E-state index is 0.0902. The van der Waals surface area contributed by atoms with Crippen molar-refractivity contribution >= 4 is 23.4 Å². The molecule has 2 aromatic rings. The lowest BCUT2D eigenvalue weighted by Gasteiger charge is -2.31. The number of hydrogen-bond acceptors (Lipinski definition) is 3. The van der Waals surface area contributed by atoms with Gasteiger partial charge in [-0.3, -0.25) is 9.59 Å². The first kappa shape index (κ1) is 23.7. The molecule has 0 aromatic heterocycles. The van der Waals surface area contributed by atoms with E-state index in [9.17, 15) is 9.59 Å². The number of benzene rings is 2. The number of nitrogens with zero attached hydrogens (tertiary/aromatic N) is 1. The van der Waals surface area contributed by atoms with Gasteiger partial charge in [-0.2, -0.15) is 0 Å². The molecule has 2 aromatic carbocycles. The SMILES string of the molecule is CCCCNC(=O)C(CC)N(Cc1ccc(Cl)cc1)C(=O)Cc1ccc(OC)cc1. The van der Waals surface area contributed by atoms with Crippen molar-refractivity contribution in [3.05, 3.63) is 64.7 Å². The van der Waals surface area contributed by atoms with E-state index in [-0.39, 0.29) is 18.2 Å². The van der Waals surface area contributed by atoms with Crippen LogP contribution in [-0.2, 0) is 22.6 Å². The zero-order chi connectivity index (χ0) is 21.9. The molecule has 0 spiro atoms. The second-order valence-corrected chi connectivity index (χ2v) is 7.68. The molecule has 1 N–H and O–H groups in total. The number of unbranched alkanes of at least 4 members (excludes halogenated alkanes) is 1. The normalized spacial score (nSPS) is 11.6. The Morgan fingerprint density at radius 2 is 1.67 bits per heavy atom. The van der Waals surface area contributed by atoms with Crippen LogP contribution in [0.4, 0.5) is 0 Å². The number of methoxy groups -OCH3 is 1. The number of rotatable bonds is 11. The molecule has 0 radical (unpaired) electrons. The third kappa shape index (κ3) is 7.06. The summed E-state index contributed by atoms with van der Waals surface area (Å²) in [5, 5.41) is 3.61. The predicted octanol–water partition coefficient (Wildman–Crippen LogP) is 4.61. The minimum atomic E-state index is -0.525. The smallest absolute Gasteiger partial charge is 0.242 e. The molecular weight excluding hydrogens is 400 g/mol. The number of ether oxygens (including phenoxy) is 1. The molecule has 0 saturated heterocycles. The quantitative estimate of drug-likeness (QED) is 0.529. The number of carbonyl (C=O) groups excluding carboxylic acids is 2. The third-order valence-corrected chi connectivity index (χ3v) is 5.25. The number of halogens is 1. The van der Waals surface area contributed by atoms with Crippen LogP contribution >= 0.6 is 11.6 Å². The van der Waals surface area contributed by atoms with Crippen LogP contribution in [0.1, 0.15) is 44.2 Å². The van der Waals surface area contributed by atoms with Crippen LogP contribution in [0.25, 0.3) is 0 Å². The van der Waals surface area contributed by atoms with Crippen molar-refractivity contribution in [1.29, 1.82) is 0 Å². The molecule has 1 unspecified atom stereocenters. The molecule has 0 aliphatic rings. The lowest BCUT2D eigenvalue weighted by Crippen LogP contribution is -2.49. The molecular formula is C24H31ClN2O3. The molecule has 5 nitrogen and oxygen atoms in total. The first-order chi connectivity index (χ1) is 14.5. The molecule has 162 valence electrons. The van der Waals surface area contributed by atoms with E-state index < -0.39 is 6.04 Å². The van der Waals surface area contributed by atoms with Crippen LogP contribution in [0.5, 0.6) is 5.75 Å². The lowest BCUT2D eigenvalue weighted by molar-refractivity contribution is -0.140. The third-order valence-electron chi connectivity index (χ3n) is 5.00. The van der Waals surface area contributed by atoms with Gasteiger partial charge in [-0.15, -0.1) is 0 Å². The largest absolute Gasteiger partial charge is 0.497 e. The van der Waals surface area contributed by atoms with E-state index in [0.29, 0.717) is 24.5 Å². The standard InChI is InChI=1S/C24H31ClN2O3/c1-4-6-15-26-24(29)22(5-2)27(17-19-7-11-20(25)12-8-19)23(28)16-18-9-13-21(30-3)14-10-18/h7-14,22H,4-6,15-17H2,1-3H3,(H,26,29). The fourth-order valence-corrected chi connectivity index (χ4v) is 3.36. The predicted molar refractivity (Wildman–Crippen MR) is 121 cm³/mol. The Balaban J connectivity index is 2.21. The molecule has 0 aliphatic carbocycles. The van der Waals surface area contributed by atoms with Gasteiger partial charge in [0, 0.05) is 18.1 Å². The van der Waals surface area contributed by atoms with Crippen LogP contribution in [0.2, 0.25) is 5.02 Å². The summed E-state index contributed by atoms with van der Waals surface area (Å²) in [5.41, 5.74) is 1.81. The maximum Gasteiger partial charge on any atom is 0.242 e. The van der Waals surface area contributed by atoms with Crippen molar-refractivity contribution in [3.8, 4) is 5.75 Å². The van der Waals surface area contributed by atoms with E-state index in [2.05, 4.69) is 12.2 Å². The van der Waals surface area contributed by atoms with Crippen molar-refractivity contribution in [2.45, 2.75) is 52.1 Å². The highest BCUT2D eigenvalue weighted by Gasteiger charge is 2.28. The van der Waals surface area contributed by atoms with E-state index in [1.54, 1.807) is 24.1 Å². The fraction of sp³-hybridized carbons (Fsp3) is 0.417. The van der Waals surface area contributed by atoms with Gasteiger partial charge in [0.15, 0.2) is 0 Å². The summed E-state index contributed by atoms with van der Waals surface area (Å²) in [7, 11) is 1.61. The Kier molecular flexibility index (Phi) is 9.68. The topological polar surface area (TPSA) is 58.6 Å². The number of amides is 2. The first-order valence-electron chi connectivity index (χ1n) is 10.4. The van der Waals surface area contributed by atoms with Gasteiger partial charge in [-0.05, 0) is 48.2 Å². The van der Waals surface area contributed by atoms with Crippen LogP contribution in [0.3, 0.4) is 0 Å². The Hall–Kier alpha value is -2.53. The van der Waals surface area contributed by atoms with Gasteiger partial charge in [0.1, 0.15) is 11.8 Å². The molecule has 0 fully saturated rings. The van der Waals surface area contributed by atoms with Crippen molar-refractivity contribution in [3.63, 3.8) is 0 Å². The van der Waals surface area contributed by atoms with Gasteiger partial charge in [0.25, 0.3) is 0 Å². The van der Waals surface area contributed by atoms with Gasteiger partial charge < -0.3 is 15.0 Å². The number of carbonyl (C=O) groups is 2. The van der Waals surface area contributed by atoms with Crippen LogP contribution < -0.4 is 10.1 Å². The molecule has 0 heterocycles. The summed E-state index contributed by atoms with van der Waals surface area (Å²) in [4.78, 5) is 27.8. The van der Waals surface area contributed by atoms with Gasteiger partial charge in [0.05, 0.1) is 13.5 Å². The van der Waals surface area contributed by atoms with E-state index >= 15 is 0 Å². The fourth-order valence-electron chi connectivity index (χ4n) is 3.23. The summed E-state index contributed by atoms with van der Waals surface area (Å²) in [6.07, 6.45) is 2.68. The lowest BCUT2D eigenvalue weighted by atomic mass is 10.1. The highest BCUT2D eigenvalue weighted by Crippen LogP contribution is 2.18. The zero-order valence-corrected chi connectivity index (χ0v) is 18.7. The average Bonchev–Trinajstić information content (AvgIpc) is 2.75. The highest BCUT2D eigenvalue weighted by atomic mass is 35.5. The molecule has 2 rings (SSSR count). The summed E-state index contributed by atoms with van der Waals surface area (Å²) < 4.78 is 5.19. The van der Waals surface area contributed by atoms with Gasteiger partial charge in [-0.25, -0.2) is 0 Å². The van der Waals surface area contributed by atoms with E-state index in [0.717, 1.165) is 29.7 Å². The number of hydrogen-bond donors (Lipinski definition) is 1. The molecule has 30 heavy (non-hydrogen) atoms. The molecule has 6 heteroatoms. The van der Waals surface area contributed by atoms with Crippen LogP contribution in [-0.4, -0.2) is 36.4 Å². The summed E-state index contributed by atoms with van der Waals surface area (Å²) in [6.45, 7) is 4.98. The summed E-state index contributed by atoms with van der Waals surface area (Å²) >= 11 is 6.00. The van der Waals surface area contributed by atoms with Crippen molar-refractivity contribution in [2.24, 2.45) is 0 Å². The maximum atomic E-state index is 13.3. The summed E-state index contributed by atoms with van der Waals surface area (Å²) in [6, 6.07) is 14.3. The van der Waals surface area contributed by atoms with E-state index in [1.807, 2.05) is 43.3 Å². The molecule has 1 atom stereocenters. The molecule has 0 bridgehead atoms. The van der Waals surface area contributed by atoms with Crippen molar-refractivity contribution < 1.29 is 14.3 Å². The van der Waals surface area contributed by atoms with Gasteiger partial charge >= 0.3 is 0 Å². The Labute approximate surface area is 184 Å². The highest BCUT2D eigenvalue weighted by molar-refractivity contribution is 6.30. The average molecular weight is 431 g/mol.